The molecule has 1 aromatic rings. The number of aromatic hydroxyl groups is 1. The summed E-state index contributed by atoms with van der Waals surface area (Å²) in [5.41, 5.74) is 2.56. The van der Waals surface area contributed by atoms with Gasteiger partial charge in [-0.15, -0.1) is 0 Å². The van der Waals surface area contributed by atoms with E-state index in [0.29, 0.717) is 36.5 Å². The molecule has 1 unspecified atom stereocenters. The number of carbonyl (C=O) groups excluding carboxylic acids is 2. The quantitative estimate of drug-likeness (QED) is 0.491. The van der Waals surface area contributed by atoms with Crippen molar-refractivity contribution in [2.24, 2.45) is 16.3 Å². The zero-order valence-electron chi connectivity index (χ0n) is 19.2. The van der Waals surface area contributed by atoms with Gasteiger partial charge in [0.2, 0.25) is 0 Å². The van der Waals surface area contributed by atoms with Crippen molar-refractivity contribution < 1.29 is 24.2 Å². The zero-order valence-corrected chi connectivity index (χ0v) is 19.2. The van der Waals surface area contributed by atoms with Crippen LogP contribution in [-0.2, 0) is 14.3 Å². The molecule has 0 amide bonds. The third-order valence-electron chi connectivity index (χ3n) is 6.11. The van der Waals surface area contributed by atoms with Gasteiger partial charge < -0.3 is 14.6 Å². The molecule has 0 fully saturated rings. The number of allylic oxidation sites excluding steroid dienone is 2. The number of benzene rings is 1. The Bertz CT molecular complexity index is 928. The molecule has 6 nitrogen and oxygen atoms in total. The molecule has 1 aliphatic heterocycles. The molecular formula is C25H33NO5. The smallest absolute Gasteiger partial charge is 0.315 e. The first-order chi connectivity index (χ1) is 14.7. The third-order valence-corrected chi connectivity index (χ3v) is 6.11. The molecule has 168 valence electrons. The van der Waals surface area contributed by atoms with Gasteiger partial charge in [-0.25, -0.2) is 0 Å². The van der Waals surface area contributed by atoms with E-state index in [-0.39, 0.29) is 22.9 Å². The van der Waals surface area contributed by atoms with E-state index >= 15 is 0 Å². The van der Waals surface area contributed by atoms with Crippen molar-refractivity contribution in [2.45, 2.75) is 65.7 Å². The van der Waals surface area contributed by atoms with Gasteiger partial charge in [-0.3, -0.25) is 14.6 Å². The molecular weight excluding hydrogens is 394 g/mol. The van der Waals surface area contributed by atoms with Crippen molar-refractivity contribution in [3.8, 4) is 11.5 Å². The van der Waals surface area contributed by atoms with Crippen molar-refractivity contribution in [3.05, 3.63) is 35.0 Å². The number of esters is 1. The van der Waals surface area contributed by atoms with Crippen molar-refractivity contribution in [1.29, 1.82) is 0 Å². The number of phenols is 1. The molecule has 0 bridgehead atoms. The summed E-state index contributed by atoms with van der Waals surface area (Å²) in [5, 5.41) is 10.1. The van der Waals surface area contributed by atoms with Gasteiger partial charge in [0.25, 0.3) is 0 Å². The molecule has 0 spiro atoms. The number of ether oxygens (including phenoxy) is 2. The standard InChI is InChI=1S/C25H33NO5/c1-6-7-8-11-31-24(29)21-15(2)26-17-13-25(3,4)14-19(28)23(17)22(21)16-9-10-18(27)20(12-16)30-5/h9-10,12,21-22,27H,6-8,11,13-14H2,1-5H3/t21?,22-/m0/s1. The Labute approximate surface area is 184 Å². The fourth-order valence-electron chi connectivity index (χ4n) is 4.61. The third kappa shape index (κ3) is 4.83. The maximum atomic E-state index is 13.3. The highest BCUT2D eigenvalue weighted by Crippen LogP contribution is 2.48. The maximum Gasteiger partial charge on any atom is 0.315 e. The minimum Gasteiger partial charge on any atom is -0.504 e. The summed E-state index contributed by atoms with van der Waals surface area (Å²) in [6.07, 6.45) is 3.92. The van der Waals surface area contributed by atoms with Crippen LogP contribution < -0.4 is 4.74 Å². The van der Waals surface area contributed by atoms with Crippen LogP contribution in [-0.4, -0.2) is 36.3 Å². The first-order valence-corrected chi connectivity index (χ1v) is 11.0. The Morgan fingerprint density at radius 3 is 2.68 bits per heavy atom. The molecule has 1 heterocycles. The molecule has 1 aliphatic carbocycles. The van der Waals surface area contributed by atoms with E-state index in [9.17, 15) is 14.7 Å². The topological polar surface area (TPSA) is 85.2 Å². The van der Waals surface area contributed by atoms with E-state index in [1.807, 2.05) is 6.92 Å². The minimum absolute atomic E-state index is 0.0106. The van der Waals surface area contributed by atoms with Gasteiger partial charge in [-0.2, -0.15) is 0 Å². The number of unbranched alkanes of at least 4 members (excludes halogenated alkanes) is 2. The van der Waals surface area contributed by atoms with Crippen LogP contribution in [0.5, 0.6) is 11.5 Å². The number of hydrogen-bond donors (Lipinski definition) is 1. The number of rotatable bonds is 7. The number of Topliss-reactive ketones (excluding diaryl/α,β-unsaturated/α-hetero) is 1. The average molecular weight is 428 g/mol. The lowest BCUT2D eigenvalue weighted by Crippen LogP contribution is -2.39. The number of nitrogens with zero attached hydrogens (tertiary/aromatic N) is 1. The molecule has 2 atom stereocenters. The molecule has 6 heteroatoms. The Balaban J connectivity index is 2.06. The van der Waals surface area contributed by atoms with E-state index in [0.717, 1.165) is 30.5 Å². The Hall–Kier alpha value is -2.63. The van der Waals surface area contributed by atoms with Gasteiger partial charge in [-0.1, -0.05) is 39.7 Å². The molecule has 31 heavy (non-hydrogen) atoms. The lowest BCUT2D eigenvalue weighted by atomic mass is 9.67. The summed E-state index contributed by atoms with van der Waals surface area (Å²) >= 11 is 0. The predicted molar refractivity (Wildman–Crippen MR) is 120 cm³/mol. The Morgan fingerprint density at radius 1 is 1.26 bits per heavy atom. The average Bonchev–Trinajstić information content (AvgIpc) is 2.69. The predicted octanol–water partition coefficient (Wildman–Crippen LogP) is 4.95. The van der Waals surface area contributed by atoms with Crippen molar-refractivity contribution in [1.82, 2.24) is 0 Å². The fraction of sp³-hybridized carbons (Fsp3) is 0.560. The number of phenolic OH excluding ortho intramolecular Hbond substituents is 1. The summed E-state index contributed by atoms with van der Waals surface area (Å²) in [7, 11) is 1.48. The van der Waals surface area contributed by atoms with Gasteiger partial charge >= 0.3 is 5.97 Å². The summed E-state index contributed by atoms with van der Waals surface area (Å²) in [4.78, 5) is 31.2. The molecule has 0 aromatic heterocycles. The Morgan fingerprint density at radius 2 is 2.00 bits per heavy atom. The number of ketones is 1. The summed E-state index contributed by atoms with van der Waals surface area (Å²) in [6, 6.07) is 4.99. The van der Waals surface area contributed by atoms with Crippen LogP contribution in [0.15, 0.2) is 34.5 Å². The highest BCUT2D eigenvalue weighted by Gasteiger charge is 2.46. The van der Waals surface area contributed by atoms with Gasteiger partial charge in [0.1, 0.15) is 5.92 Å². The molecule has 0 saturated carbocycles. The maximum absolute atomic E-state index is 13.3. The second-order valence-electron chi connectivity index (χ2n) is 9.32. The second-order valence-corrected chi connectivity index (χ2v) is 9.32. The first kappa shape index (κ1) is 23.0. The van der Waals surface area contributed by atoms with E-state index in [2.05, 4.69) is 20.8 Å². The van der Waals surface area contributed by atoms with Crippen molar-refractivity contribution >= 4 is 17.5 Å². The summed E-state index contributed by atoms with van der Waals surface area (Å²) in [6.45, 7) is 8.41. The van der Waals surface area contributed by atoms with Crippen molar-refractivity contribution in [3.63, 3.8) is 0 Å². The summed E-state index contributed by atoms with van der Waals surface area (Å²) < 4.78 is 10.9. The Kier molecular flexibility index (Phi) is 6.87. The summed E-state index contributed by atoms with van der Waals surface area (Å²) in [5.74, 6) is -1.22. The van der Waals surface area contributed by atoms with Crippen LogP contribution in [0, 0.1) is 11.3 Å². The molecule has 1 aromatic carbocycles. The molecule has 1 N–H and O–H groups in total. The van der Waals surface area contributed by atoms with Crippen LogP contribution in [0.25, 0.3) is 0 Å². The number of aliphatic imine (C=N–C) groups is 1. The van der Waals surface area contributed by atoms with Crippen LogP contribution in [0.1, 0.15) is 71.3 Å². The molecule has 2 aliphatic rings. The van der Waals surface area contributed by atoms with Crippen LogP contribution >= 0.6 is 0 Å². The van der Waals surface area contributed by atoms with E-state index in [1.165, 1.54) is 13.2 Å². The van der Waals surface area contributed by atoms with Gasteiger partial charge in [0, 0.05) is 29.3 Å². The highest BCUT2D eigenvalue weighted by atomic mass is 16.5. The molecule has 0 radical (unpaired) electrons. The lowest BCUT2D eigenvalue weighted by Gasteiger charge is -2.39. The van der Waals surface area contributed by atoms with Gasteiger partial charge in [-0.05, 0) is 42.9 Å². The minimum atomic E-state index is -0.681. The number of hydrogen-bond acceptors (Lipinski definition) is 6. The van der Waals surface area contributed by atoms with Crippen molar-refractivity contribution in [2.75, 3.05) is 13.7 Å². The van der Waals surface area contributed by atoms with Crippen LogP contribution in [0.3, 0.4) is 0 Å². The van der Waals surface area contributed by atoms with E-state index < -0.39 is 11.8 Å². The number of methoxy groups -OCH3 is 1. The zero-order chi connectivity index (χ0) is 22.8. The van der Waals surface area contributed by atoms with Gasteiger partial charge in [0.05, 0.1) is 13.7 Å². The second kappa shape index (κ2) is 9.25. The highest BCUT2D eigenvalue weighted by molar-refractivity contribution is 6.09. The van der Waals surface area contributed by atoms with Gasteiger partial charge in [0.15, 0.2) is 17.3 Å². The van der Waals surface area contributed by atoms with E-state index in [1.54, 1.807) is 12.1 Å². The molecule has 3 rings (SSSR count). The number of carbonyl (C=O) groups is 2. The van der Waals surface area contributed by atoms with Crippen LogP contribution in [0.4, 0.5) is 0 Å². The van der Waals surface area contributed by atoms with E-state index in [4.69, 9.17) is 14.5 Å². The normalized spacial score (nSPS) is 22.6. The lowest BCUT2D eigenvalue weighted by molar-refractivity contribution is -0.146. The largest absolute Gasteiger partial charge is 0.504 e. The van der Waals surface area contributed by atoms with Crippen LogP contribution in [0.2, 0.25) is 0 Å². The SMILES string of the molecule is CCCCCOC(=O)C1C(C)=NC2=C(C(=O)CC(C)(C)C2)[C@H]1c1ccc(O)c(OC)c1. The fourth-order valence-corrected chi connectivity index (χ4v) is 4.61. The first-order valence-electron chi connectivity index (χ1n) is 11.0. The monoisotopic (exact) mass is 427 g/mol. The molecule has 0 saturated heterocycles.